The SMILES string of the molecule is Cc1cc(O)ccc1C(C)(C)CCl. The van der Waals surface area contributed by atoms with E-state index in [1.165, 1.54) is 5.56 Å². The summed E-state index contributed by atoms with van der Waals surface area (Å²) < 4.78 is 0. The fraction of sp³-hybridized carbons (Fsp3) is 0.455. The van der Waals surface area contributed by atoms with Crippen molar-refractivity contribution in [3.8, 4) is 5.75 Å². The van der Waals surface area contributed by atoms with Crippen LogP contribution in [0.5, 0.6) is 5.75 Å². The van der Waals surface area contributed by atoms with E-state index in [1.807, 2.05) is 13.0 Å². The van der Waals surface area contributed by atoms with E-state index in [9.17, 15) is 5.11 Å². The summed E-state index contributed by atoms with van der Waals surface area (Å²) in [5, 5.41) is 9.24. The summed E-state index contributed by atoms with van der Waals surface area (Å²) in [7, 11) is 0. The highest BCUT2D eigenvalue weighted by Gasteiger charge is 2.20. The van der Waals surface area contributed by atoms with Gasteiger partial charge in [0.1, 0.15) is 5.75 Å². The van der Waals surface area contributed by atoms with Crippen molar-refractivity contribution < 1.29 is 5.11 Å². The molecule has 13 heavy (non-hydrogen) atoms. The molecule has 1 aromatic carbocycles. The maximum Gasteiger partial charge on any atom is 0.115 e. The molecule has 0 aliphatic rings. The molecule has 1 aromatic rings. The molecule has 0 unspecified atom stereocenters. The Morgan fingerprint density at radius 2 is 2.00 bits per heavy atom. The zero-order chi connectivity index (χ0) is 10.1. The van der Waals surface area contributed by atoms with Crippen LogP contribution in [0.3, 0.4) is 0 Å². The summed E-state index contributed by atoms with van der Waals surface area (Å²) in [6.45, 7) is 6.18. The lowest BCUT2D eigenvalue weighted by atomic mass is 9.84. The van der Waals surface area contributed by atoms with Crippen LogP contribution < -0.4 is 0 Å². The first-order chi connectivity index (χ1) is 5.97. The van der Waals surface area contributed by atoms with Gasteiger partial charge in [-0.25, -0.2) is 0 Å². The largest absolute Gasteiger partial charge is 0.508 e. The van der Waals surface area contributed by atoms with Gasteiger partial charge in [-0.2, -0.15) is 0 Å². The molecule has 1 nitrogen and oxygen atoms in total. The van der Waals surface area contributed by atoms with Gasteiger partial charge >= 0.3 is 0 Å². The van der Waals surface area contributed by atoms with Gasteiger partial charge in [0.15, 0.2) is 0 Å². The maximum absolute atomic E-state index is 9.24. The summed E-state index contributed by atoms with van der Waals surface area (Å²) in [6, 6.07) is 5.41. The second-order valence-corrected chi connectivity index (χ2v) is 4.28. The first kappa shape index (κ1) is 10.4. The molecule has 0 radical (unpaired) electrons. The van der Waals surface area contributed by atoms with Crippen molar-refractivity contribution in [2.24, 2.45) is 0 Å². The van der Waals surface area contributed by atoms with Crippen molar-refractivity contribution >= 4 is 11.6 Å². The van der Waals surface area contributed by atoms with Crippen molar-refractivity contribution in [2.75, 3.05) is 5.88 Å². The van der Waals surface area contributed by atoms with E-state index in [2.05, 4.69) is 13.8 Å². The monoisotopic (exact) mass is 198 g/mol. The van der Waals surface area contributed by atoms with E-state index in [0.717, 1.165) is 5.56 Å². The minimum atomic E-state index is -0.0284. The number of hydrogen-bond acceptors (Lipinski definition) is 1. The number of phenols is 1. The highest BCUT2D eigenvalue weighted by molar-refractivity contribution is 6.18. The van der Waals surface area contributed by atoms with Gasteiger partial charge in [0, 0.05) is 11.3 Å². The zero-order valence-corrected chi connectivity index (χ0v) is 9.02. The summed E-state index contributed by atoms with van der Waals surface area (Å²) in [4.78, 5) is 0. The number of hydrogen-bond donors (Lipinski definition) is 1. The molecule has 0 bridgehead atoms. The van der Waals surface area contributed by atoms with Crippen molar-refractivity contribution in [3.05, 3.63) is 29.3 Å². The summed E-state index contributed by atoms with van der Waals surface area (Å²) in [6.07, 6.45) is 0. The minimum Gasteiger partial charge on any atom is -0.508 e. The van der Waals surface area contributed by atoms with Crippen LogP contribution in [-0.2, 0) is 5.41 Å². The van der Waals surface area contributed by atoms with Gasteiger partial charge in [0.25, 0.3) is 0 Å². The Morgan fingerprint density at radius 1 is 1.38 bits per heavy atom. The van der Waals surface area contributed by atoms with Crippen LogP contribution in [0.15, 0.2) is 18.2 Å². The molecule has 0 heterocycles. The maximum atomic E-state index is 9.24. The van der Waals surface area contributed by atoms with Crippen LogP contribution in [0.4, 0.5) is 0 Å². The van der Waals surface area contributed by atoms with Gasteiger partial charge in [0.05, 0.1) is 0 Å². The molecule has 0 fully saturated rings. The second kappa shape index (κ2) is 3.59. The van der Waals surface area contributed by atoms with E-state index in [0.29, 0.717) is 11.6 Å². The van der Waals surface area contributed by atoms with Gasteiger partial charge in [-0.1, -0.05) is 19.9 Å². The van der Waals surface area contributed by atoms with Crippen LogP contribution in [-0.4, -0.2) is 11.0 Å². The van der Waals surface area contributed by atoms with Crippen molar-refractivity contribution in [2.45, 2.75) is 26.2 Å². The van der Waals surface area contributed by atoms with Crippen LogP contribution in [0.25, 0.3) is 0 Å². The lowest BCUT2D eigenvalue weighted by Crippen LogP contribution is -2.20. The molecular formula is C11H15ClO. The molecule has 1 rings (SSSR count). The Labute approximate surface area is 84.4 Å². The van der Waals surface area contributed by atoms with Gasteiger partial charge in [0.2, 0.25) is 0 Å². The van der Waals surface area contributed by atoms with Gasteiger partial charge < -0.3 is 5.11 Å². The first-order valence-corrected chi connectivity index (χ1v) is 4.87. The standard InChI is InChI=1S/C11H15ClO/c1-8-6-9(13)4-5-10(8)11(2,3)7-12/h4-6,13H,7H2,1-3H3. The Kier molecular flexibility index (Phi) is 2.87. The van der Waals surface area contributed by atoms with Crippen molar-refractivity contribution in [3.63, 3.8) is 0 Å². The molecule has 0 aliphatic carbocycles. The molecule has 2 heteroatoms. The molecule has 72 valence electrons. The third kappa shape index (κ3) is 2.16. The number of phenolic OH excluding ortho intramolecular Hbond substituents is 1. The van der Waals surface area contributed by atoms with E-state index in [1.54, 1.807) is 12.1 Å². The number of halogens is 1. The fourth-order valence-electron chi connectivity index (χ4n) is 1.48. The molecule has 0 aromatic heterocycles. The quantitative estimate of drug-likeness (QED) is 0.724. The molecule has 0 saturated carbocycles. The molecule has 1 N–H and O–H groups in total. The Morgan fingerprint density at radius 3 is 2.46 bits per heavy atom. The van der Waals surface area contributed by atoms with E-state index in [4.69, 9.17) is 11.6 Å². The topological polar surface area (TPSA) is 20.2 Å². The molecule has 0 spiro atoms. The summed E-state index contributed by atoms with van der Waals surface area (Å²) in [5.41, 5.74) is 2.25. The molecular weight excluding hydrogens is 184 g/mol. The number of alkyl halides is 1. The number of rotatable bonds is 2. The molecule has 0 saturated heterocycles. The first-order valence-electron chi connectivity index (χ1n) is 4.33. The average molecular weight is 199 g/mol. The van der Waals surface area contributed by atoms with E-state index in [-0.39, 0.29) is 5.41 Å². The summed E-state index contributed by atoms with van der Waals surface area (Å²) in [5.74, 6) is 0.894. The van der Waals surface area contributed by atoms with Crippen LogP contribution in [0, 0.1) is 6.92 Å². The second-order valence-electron chi connectivity index (χ2n) is 4.02. The molecule has 0 atom stereocenters. The molecule has 0 amide bonds. The minimum absolute atomic E-state index is 0.0284. The van der Waals surface area contributed by atoms with Crippen LogP contribution in [0.1, 0.15) is 25.0 Å². The molecule has 0 aliphatic heterocycles. The lowest BCUT2D eigenvalue weighted by molar-refractivity contribution is 0.473. The number of aryl methyl sites for hydroxylation is 1. The highest BCUT2D eigenvalue weighted by atomic mass is 35.5. The Hall–Kier alpha value is -0.690. The Balaban J connectivity index is 3.16. The number of aromatic hydroxyl groups is 1. The third-order valence-electron chi connectivity index (χ3n) is 2.27. The van der Waals surface area contributed by atoms with Crippen LogP contribution in [0.2, 0.25) is 0 Å². The predicted octanol–water partition coefficient (Wildman–Crippen LogP) is 3.22. The van der Waals surface area contributed by atoms with E-state index >= 15 is 0 Å². The van der Waals surface area contributed by atoms with Gasteiger partial charge in [-0.15, -0.1) is 11.6 Å². The smallest absolute Gasteiger partial charge is 0.115 e. The lowest BCUT2D eigenvalue weighted by Gasteiger charge is -2.24. The van der Waals surface area contributed by atoms with Gasteiger partial charge in [-0.05, 0) is 30.2 Å². The Bertz CT molecular complexity index is 305. The van der Waals surface area contributed by atoms with E-state index < -0.39 is 0 Å². The third-order valence-corrected chi connectivity index (χ3v) is 2.94. The zero-order valence-electron chi connectivity index (χ0n) is 8.26. The van der Waals surface area contributed by atoms with Crippen molar-refractivity contribution in [1.82, 2.24) is 0 Å². The fourth-order valence-corrected chi connectivity index (χ4v) is 1.62. The van der Waals surface area contributed by atoms with Crippen molar-refractivity contribution in [1.29, 1.82) is 0 Å². The number of benzene rings is 1. The average Bonchev–Trinajstić information content (AvgIpc) is 2.03. The van der Waals surface area contributed by atoms with Crippen LogP contribution >= 0.6 is 11.6 Å². The summed E-state index contributed by atoms with van der Waals surface area (Å²) >= 11 is 5.88. The highest BCUT2D eigenvalue weighted by Crippen LogP contribution is 2.29. The normalized spacial score (nSPS) is 11.7. The predicted molar refractivity (Wildman–Crippen MR) is 56.6 cm³/mol. The van der Waals surface area contributed by atoms with Gasteiger partial charge in [-0.3, -0.25) is 0 Å².